The van der Waals surface area contributed by atoms with Crippen molar-refractivity contribution in [2.45, 2.75) is 57.3 Å². The minimum atomic E-state index is -3.91. The SMILES string of the molecule is COP(=O)(O)OCCCCCCNC(=O)CCOCCC(=O)NCCC(=O)C1Cc2ccccc2C#Cc2ccccc21. The molecular formula is C32H41N2O8P. The fraction of sp³-hybridized carbons (Fsp3) is 0.469. The van der Waals surface area contributed by atoms with Crippen LogP contribution in [0.15, 0.2) is 48.5 Å². The largest absolute Gasteiger partial charge is 0.471 e. The summed E-state index contributed by atoms with van der Waals surface area (Å²) in [6.45, 7) is 1.31. The molecule has 0 saturated heterocycles. The molecule has 0 aromatic heterocycles. The molecule has 0 saturated carbocycles. The Morgan fingerprint density at radius 2 is 1.47 bits per heavy atom. The van der Waals surface area contributed by atoms with E-state index in [4.69, 9.17) is 14.2 Å². The number of phosphoric acid groups is 1. The third kappa shape index (κ3) is 12.4. The standard InChI is InChI=1S/C32H41N2O8P/c1-40-43(38,39)42-21-9-3-2-8-19-33-31(36)17-22-41-23-18-32(37)34-20-16-30(35)29-24-27-12-5-4-10-25(27)14-15-26-11-6-7-13-28(26)29/h4-7,10-13,29H,2-3,8-9,16-24H2,1H3,(H,33,36)(H,34,37)(H,38,39). The number of amides is 2. The van der Waals surface area contributed by atoms with Crippen molar-refractivity contribution in [2.24, 2.45) is 0 Å². The van der Waals surface area contributed by atoms with Gasteiger partial charge >= 0.3 is 7.82 Å². The Morgan fingerprint density at radius 1 is 0.837 bits per heavy atom. The maximum absolute atomic E-state index is 13.3. The number of Topliss-reactive ketones (excluding diaryl/α,β-unsaturated/α-hetero) is 1. The second-order valence-corrected chi connectivity index (χ2v) is 11.7. The van der Waals surface area contributed by atoms with Crippen LogP contribution in [0.2, 0.25) is 0 Å². The van der Waals surface area contributed by atoms with Crippen molar-refractivity contribution in [3.63, 3.8) is 0 Å². The van der Waals surface area contributed by atoms with E-state index < -0.39 is 7.82 Å². The van der Waals surface area contributed by atoms with Gasteiger partial charge in [-0.15, -0.1) is 0 Å². The molecule has 1 aliphatic carbocycles. The van der Waals surface area contributed by atoms with Crippen LogP contribution >= 0.6 is 7.82 Å². The fourth-order valence-corrected chi connectivity index (χ4v) is 5.10. The molecule has 3 rings (SSSR count). The van der Waals surface area contributed by atoms with Crippen LogP contribution in [0.5, 0.6) is 0 Å². The first kappa shape index (κ1) is 34.2. The quantitative estimate of drug-likeness (QED) is 0.123. The molecule has 43 heavy (non-hydrogen) atoms. The van der Waals surface area contributed by atoms with Gasteiger partial charge in [0.05, 0.1) is 19.8 Å². The lowest BCUT2D eigenvalue weighted by molar-refractivity contribution is -0.122. The van der Waals surface area contributed by atoms with E-state index in [9.17, 15) is 18.9 Å². The average Bonchev–Trinajstić information content (AvgIpc) is 2.99. The number of nitrogens with one attached hydrogen (secondary N) is 2. The van der Waals surface area contributed by atoms with Gasteiger partial charge in [0.25, 0.3) is 0 Å². The van der Waals surface area contributed by atoms with Crippen LogP contribution < -0.4 is 10.6 Å². The van der Waals surface area contributed by atoms with Gasteiger partial charge in [-0.05, 0) is 42.5 Å². The Bertz CT molecular complexity index is 1340. The van der Waals surface area contributed by atoms with E-state index in [2.05, 4.69) is 27.0 Å². The van der Waals surface area contributed by atoms with Crippen molar-refractivity contribution < 1.29 is 37.6 Å². The minimum Gasteiger partial charge on any atom is -0.380 e. The van der Waals surface area contributed by atoms with Gasteiger partial charge in [-0.3, -0.25) is 23.4 Å². The van der Waals surface area contributed by atoms with E-state index in [1.54, 1.807) is 0 Å². The lowest BCUT2D eigenvalue weighted by atomic mass is 9.82. The van der Waals surface area contributed by atoms with Gasteiger partial charge in [0.1, 0.15) is 5.78 Å². The van der Waals surface area contributed by atoms with Crippen molar-refractivity contribution >= 4 is 25.4 Å². The number of fused-ring (bicyclic) bond motifs is 2. The number of phosphoric ester groups is 1. The number of hydrogen-bond acceptors (Lipinski definition) is 7. The van der Waals surface area contributed by atoms with E-state index in [1.165, 1.54) is 0 Å². The van der Waals surface area contributed by atoms with Gasteiger partial charge in [-0.2, -0.15) is 0 Å². The van der Waals surface area contributed by atoms with E-state index in [-0.39, 0.29) is 69.1 Å². The Balaban J connectivity index is 1.25. The zero-order valence-electron chi connectivity index (χ0n) is 24.6. The highest BCUT2D eigenvalue weighted by molar-refractivity contribution is 7.47. The topological polar surface area (TPSA) is 140 Å². The number of benzene rings is 2. The first-order chi connectivity index (χ1) is 20.8. The lowest BCUT2D eigenvalue weighted by Gasteiger charge is -2.20. The average molecular weight is 613 g/mol. The minimum absolute atomic E-state index is 0.0582. The van der Waals surface area contributed by atoms with Gasteiger partial charge < -0.3 is 20.3 Å². The van der Waals surface area contributed by atoms with Crippen molar-refractivity contribution in [1.82, 2.24) is 10.6 Å². The third-order valence-corrected chi connectivity index (χ3v) is 7.99. The molecule has 0 spiro atoms. The molecule has 0 fully saturated rings. The van der Waals surface area contributed by atoms with Crippen molar-refractivity contribution in [1.29, 1.82) is 0 Å². The number of unbranched alkanes of at least 4 members (excludes halogenated alkanes) is 3. The first-order valence-corrected chi connectivity index (χ1v) is 16.1. The summed E-state index contributed by atoms with van der Waals surface area (Å²) >= 11 is 0. The monoisotopic (exact) mass is 612 g/mol. The van der Waals surface area contributed by atoms with Crippen LogP contribution in [0.3, 0.4) is 0 Å². The van der Waals surface area contributed by atoms with E-state index >= 15 is 0 Å². The molecule has 2 unspecified atom stereocenters. The van der Waals surface area contributed by atoms with Gasteiger partial charge in [0, 0.05) is 56.5 Å². The number of ketones is 1. The second kappa shape index (κ2) is 18.4. The first-order valence-electron chi connectivity index (χ1n) is 14.6. The molecule has 2 aromatic carbocycles. The van der Waals surface area contributed by atoms with Gasteiger partial charge in [0.15, 0.2) is 0 Å². The summed E-state index contributed by atoms with van der Waals surface area (Å²) < 4.78 is 25.7. The van der Waals surface area contributed by atoms with E-state index in [0.717, 1.165) is 48.6 Å². The number of carbonyl (C=O) groups excluding carboxylic acids is 3. The van der Waals surface area contributed by atoms with Gasteiger partial charge in [-0.1, -0.05) is 61.1 Å². The zero-order valence-corrected chi connectivity index (χ0v) is 25.5. The molecular weight excluding hydrogens is 571 g/mol. The normalized spacial score (nSPS) is 15.0. The summed E-state index contributed by atoms with van der Waals surface area (Å²) in [6.07, 6.45) is 4.18. The molecule has 1 aliphatic rings. The predicted octanol–water partition coefficient (Wildman–Crippen LogP) is 4.04. The maximum atomic E-state index is 13.3. The van der Waals surface area contributed by atoms with Crippen LogP contribution in [0.25, 0.3) is 0 Å². The van der Waals surface area contributed by atoms with Crippen LogP contribution in [0.4, 0.5) is 0 Å². The summed E-state index contributed by atoms with van der Waals surface area (Å²) in [5.74, 6) is 5.83. The second-order valence-electron chi connectivity index (χ2n) is 10.2. The van der Waals surface area contributed by atoms with E-state index in [0.29, 0.717) is 19.4 Å². The summed E-state index contributed by atoms with van der Waals surface area (Å²) in [5.41, 5.74) is 3.75. The third-order valence-electron chi connectivity index (χ3n) is 7.02. The van der Waals surface area contributed by atoms with Crippen molar-refractivity contribution in [3.8, 4) is 11.8 Å². The van der Waals surface area contributed by atoms with Crippen molar-refractivity contribution in [2.75, 3.05) is 40.0 Å². The molecule has 0 heterocycles. The summed E-state index contributed by atoms with van der Waals surface area (Å²) in [5, 5.41) is 5.62. The number of carbonyl (C=O) groups is 3. The number of rotatable bonds is 19. The lowest BCUT2D eigenvalue weighted by Crippen LogP contribution is -2.29. The molecule has 10 nitrogen and oxygen atoms in total. The number of hydrogen-bond donors (Lipinski definition) is 3. The molecule has 2 atom stereocenters. The summed E-state index contributed by atoms with van der Waals surface area (Å²) in [4.78, 5) is 46.6. The van der Waals surface area contributed by atoms with Crippen LogP contribution in [0.1, 0.15) is 73.1 Å². The van der Waals surface area contributed by atoms with Crippen LogP contribution in [0, 0.1) is 11.8 Å². The highest BCUT2D eigenvalue weighted by Gasteiger charge is 2.25. The van der Waals surface area contributed by atoms with Crippen LogP contribution in [-0.2, 0) is 39.2 Å². The Labute approximate surface area is 253 Å². The molecule has 2 amide bonds. The van der Waals surface area contributed by atoms with E-state index in [1.807, 2.05) is 48.5 Å². The molecule has 0 bridgehead atoms. The predicted molar refractivity (Wildman–Crippen MR) is 162 cm³/mol. The van der Waals surface area contributed by atoms with Gasteiger partial charge in [-0.25, -0.2) is 4.57 Å². The highest BCUT2D eigenvalue weighted by atomic mass is 31.2. The number of ether oxygens (including phenoxy) is 1. The van der Waals surface area contributed by atoms with Crippen molar-refractivity contribution in [3.05, 3.63) is 70.8 Å². The molecule has 11 heteroatoms. The highest BCUT2D eigenvalue weighted by Crippen LogP contribution is 2.41. The molecule has 232 valence electrons. The molecule has 0 aliphatic heterocycles. The summed E-state index contributed by atoms with van der Waals surface area (Å²) in [7, 11) is -2.79. The fourth-order valence-electron chi connectivity index (χ4n) is 4.64. The molecule has 3 N–H and O–H groups in total. The molecule has 0 radical (unpaired) electrons. The Kier molecular flexibility index (Phi) is 14.6. The van der Waals surface area contributed by atoms with Crippen LogP contribution in [-0.4, -0.2) is 62.5 Å². The summed E-state index contributed by atoms with van der Waals surface area (Å²) in [6, 6.07) is 15.6. The smallest absolute Gasteiger partial charge is 0.380 e. The zero-order chi connectivity index (χ0) is 30.9. The Morgan fingerprint density at radius 3 is 2.21 bits per heavy atom. The maximum Gasteiger partial charge on any atom is 0.471 e. The molecule has 2 aromatic rings. The van der Waals surface area contributed by atoms with Gasteiger partial charge in [0.2, 0.25) is 11.8 Å². The Hall–Kier alpha value is -3.32.